The van der Waals surface area contributed by atoms with Crippen molar-refractivity contribution in [3.05, 3.63) is 89.5 Å². The molecule has 126 valence electrons. The molecule has 0 fully saturated rings. The zero-order valence-electron chi connectivity index (χ0n) is 13.8. The Hall–Kier alpha value is -3.73. The molecule has 0 spiro atoms. The van der Waals surface area contributed by atoms with Crippen LogP contribution in [0.4, 0.5) is 0 Å². The van der Waals surface area contributed by atoms with Gasteiger partial charge in [0.1, 0.15) is 11.1 Å². The Morgan fingerprint density at radius 2 is 1.73 bits per heavy atom. The van der Waals surface area contributed by atoms with Gasteiger partial charge in [-0.3, -0.25) is 10.2 Å². The van der Waals surface area contributed by atoms with E-state index in [9.17, 15) is 4.79 Å². The first-order chi connectivity index (χ1) is 12.7. The third kappa shape index (κ3) is 2.98. The zero-order chi connectivity index (χ0) is 17.9. The Bertz CT molecular complexity index is 1190. The lowest BCUT2D eigenvalue weighted by atomic mass is 10.0. The van der Waals surface area contributed by atoms with Crippen molar-refractivity contribution in [2.45, 2.75) is 0 Å². The number of amides is 1. The summed E-state index contributed by atoms with van der Waals surface area (Å²) in [6, 6.07) is 22.7. The van der Waals surface area contributed by atoms with Gasteiger partial charge in [0.2, 0.25) is 5.55 Å². The molecule has 4 aromatic rings. The number of carbonyl (C=O) groups excluding carboxylic acids is 1. The van der Waals surface area contributed by atoms with Crippen LogP contribution >= 0.6 is 0 Å². The first-order valence-corrected chi connectivity index (χ1v) is 8.11. The lowest BCUT2D eigenvalue weighted by Gasteiger charge is -2.05. The van der Waals surface area contributed by atoms with E-state index in [0.717, 1.165) is 21.7 Å². The number of nitrogens with zero attached hydrogens (tertiary/aromatic N) is 1. The predicted molar refractivity (Wildman–Crippen MR) is 101 cm³/mol. The van der Waals surface area contributed by atoms with Crippen LogP contribution in [0.1, 0.15) is 15.9 Å². The average molecular weight is 341 g/mol. The van der Waals surface area contributed by atoms with Gasteiger partial charge in [-0.05, 0) is 28.5 Å². The summed E-state index contributed by atoms with van der Waals surface area (Å²) < 4.78 is 5.54. The number of hydrazone groups is 1. The molecule has 0 aliphatic heterocycles. The van der Waals surface area contributed by atoms with E-state index in [4.69, 9.17) is 9.83 Å². The van der Waals surface area contributed by atoms with E-state index < -0.39 is 5.91 Å². The van der Waals surface area contributed by atoms with E-state index in [-0.39, 0.29) is 11.1 Å². The minimum Gasteiger partial charge on any atom is -0.438 e. The van der Waals surface area contributed by atoms with Crippen molar-refractivity contribution >= 4 is 33.9 Å². The van der Waals surface area contributed by atoms with Crippen LogP contribution < -0.4 is 11.0 Å². The van der Waals surface area contributed by atoms with Crippen molar-refractivity contribution in [1.82, 2.24) is 5.43 Å². The van der Waals surface area contributed by atoms with E-state index >= 15 is 0 Å². The topological polar surface area (TPSA) is 78.5 Å². The SMILES string of the molecule is N=c1oc2ccc3ccccc3c2cc1C(=O)NN=Cc1ccccc1. The lowest BCUT2D eigenvalue weighted by molar-refractivity contribution is 0.0951. The molecular weight excluding hydrogens is 326 g/mol. The summed E-state index contributed by atoms with van der Waals surface area (Å²) in [6.07, 6.45) is 1.55. The summed E-state index contributed by atoms with van der Waals surface area (Å²) in [5, 5.41) is 14.8. The quantitative estimate of drug-likeness (QED) is 0.337. The highest BCUT2D eigenvalue weighted by molar-refractivity contribution is 6.07. The molecule has 5 nitrogen and oxygen atoms in total. The smallest absolute Gasteiger partial charge is 0.276 e. The van der Waals surface area contributed by atoms with Crippen molar-refractivity contribution in [2.75, 3.05) is 0 Å². The molecule has 0 bridgehead atoms. The van der Waals surface area contributed by atoms with Crippen molar-refractivity contribution in [2.24, 2.45) is 5.10 Å². The number of benzene rings is 3. The number of hydrogen-bond acceptors (Lipinski definition) is 4. The van der Waals surface area contributed by atoms with Crippen molar-refractivity contribution in [3.8, 4) is 0 Å². The summed E-state index contributed by atoms with van der Waals surface area (Å²) in [5.41, 5.74) is 3.83. The normalized spacial score (nSPS) is 11.2. The Morgan fingerprint density at radius 3 is 2.58 bits per heavy atom. The number of carbonyl (C=O) groups is 1. The molecule has 0 aliphatic rings. The van der Waals surface area contributed by atoms with Gasteiger partial charge in [0.15, 0.2) is 0 Å². The maximum absolute atomic E-state index is 12.4. The van der Waals surface area contributed by atoms with Crippen LogP contribution in [-0.2, 0) is 0 Å². The third-order valence-electron chi connectivity index (χ3n) is 4.10. The molecular formula is C21H15N3O2. The number of rotatable bonds is 3. The molecule has 3 aromatic carbocycles. The van der Waals surface area contributed by atoms with E-state index in [1.54, 1.807) is 12.3 Å². The minimum absolute atomic E-state index is 0.138. The predicted octanol–water partition coefficient (Wildman–Crippen LogP) is 3.83. The van der Waals surface area contributed by atoms with Crippen LogP contribution in [0.5, 0.6) is 0 Å². The highest BCUT2D eigenvalue weighted by Crippen LogP contribution is 2.24. The Kier molecular flexibility index (Phi) is 4.03. The van der Waals surface area contributed by atoms with Crippen LogP contribution in [0.3, 0.4) is 0 Å². The van der Waals surface area contributed by atoms with Crippen molar-refractivity contribution < 1.29 is 9.21 Å². The van der Waals surface area contributed by atoms with Gasteiger partial charge in [-0.25, -0.2) is 5.43 Å². The maximum atomic E-state index is 12.4. The summed E-state index contributed by atoms with van der Waals surface area (Å²) in [6.45, 7) is 0. The van der Waals surface area contributed by atoms with E-state index in [0.29, 0.717) is 5.58 Å². The Balaban J connectivity index is 1.70. The second kappa shape index (κ2) is 6.64. The second-order valence-electron chi connectivity index (χ2n) is 5.80. The fraction of sp³-hybridized carbons (Fsp3) is 0. The second-order valence-corrected chi connectivity index (χ2v) is 5.80. The van der Waals surface area contributed by atoms with Gasteiger partial charge < -0.3 is 4.42 Å². The molecule has 0 aliphatic carbocycles. The minimum atomic E-state index is -0.485. The van der Waals surface area contributed by atoms with Crippen LogP contribution in [0.25, 0.3) is 21.7 Å². The maximum Gasteiger partial charge on any atom is 0.276 e. The average Bonchev–Trinajstić information content (AvgIpc) is 2.68. The molecule has 0 saturated carbocycles. The molecule has 2 N–H and O–H groups in total. The lowest BCUT2D eigenvalue weighted by Crippen LogP contribution is -2.24. The van der Waals surface area contributed by atoms with Gasteiger partial charge in [0.05, 0.1) is 6.21 Å². The summed E-state index contributed by atoms with van der Waals surface area (Å²) in [4.78, 5) is 12.4. The van der Waals surface area contributed by atoms with Gasteiger partial charge in [-0.1, -0.05) is 60.7 Å². The van der Waals surface area contributed by atoms with E-state index in [2.05, 4.69) is 10.5 Å². The van der Waals surface area contributed by atoms with E-state index in [1.807, 2.05) is 66.7 Å². The van der Waals surface area contributed by atoms with Gasteiger partial charge in [-0.15, -0.1) is 0 Å². The van der Waals surface area contributed by atoms with E-state index in [1.165, 1.54) is 0 Å². The molecule has 4 rings (SSSR count). The Morgan fingerprint density at radius 1 is 0.962 bits per heavy atom. The molecule has 1 amide bonds. The molecule has 1 aromatic heterocycles. The molecule has 0 radical (unpaired) electrons. The molecule has 0 saturated heterocycles. The molecule has 5 heteroatoms. The molecule has 0 atom stereocenters. The molecule has 26 heavy (non-hydrogen) atoms. The zero-order valence-corrected chi connectivity index (χ0v) is 13.8. The van der Waals surface area contributed by atoms with Gasteiger partial charge in [0, 0.05) is 5.39 Å². The van der Waals surface area contributed by atoms with Crippen LogP contribution in [0.15, 0.2) is 82.3 Å². The number of fused-ring (bicyclic) bond motifs is 3. The molecule has 1 heterocycles. The number of nitrogens with one attached hydrogen (secondary N) is 2. The van der Waals surface area contributed by atoms with Gasteiger partial charge in [0.25, 0.3) is 5.91 Å². The summed E-state index contributed by atoms with van der Waals surface area (Å²) >= 11 is 0. The highest BCUT2D eigenvalue weighted by atomic mass is 16.3. The standard InChI is InChI=1S/C21H15N3O2/c22-20-18(21(25)24-23-13-14-6-2-1-3-7-14)12-17-16-9-5-4-8-15(16)10-11-19(17)26-20/h1-13,22H,(H,24,25). The third-order valence-corrected chi connectivity index (χ3v) is 4.10. The Labute approximate surface area is 149 Å². The van der Waals surface area contributed by atoms with Crippen LogP contribution in [-0.4, -0.2) is 12.1 Å². The molecule has 0 unspecified atom stereocenters. The summed E-state index contributed by atoms with van der Waals surface area (Å²) in [7, 11) is 0. The van der Waals surface area contributed by atoms with Crippen LogP contribution in [0, 0.1) is 5.41 Å². The van der Waals surface area contributed by atoms with Crippen molar-refractivity contribution in [1.29, 1.82) is 5.41 Å². The van der Waals surface area contributed by atoms with Gasteiger partial charge in [-0.2, -0.15) is 5.10 Å². The van der Waals surface area contributed by atoms with Crippen molar-refractivity contribution in [3.63, 3.8) is 0 Å². The van der Waals surface area contributed by atoms with Gasteiger partial charge >= 0.3 is 0 Å². The highest BCUT2D eigenvalue weighted by Gasteiger charge is 2.12. The largest absolute Gasteiger partial charge is 0.438 e. The number of hydrogen-bond donors (Lipinski definition) is 2. The first-order valence-electron chi connectivity index (χ1n) is 8.11. The van der Waals surface area contributed by atoms with Crippen LogP contribution in [0.2, 0.25) is 0 Å². The summed E-state index contributed by atoms with van der Waals surface area (Å²) in [5.74, 6) is -0.485. The first kappa shape index (κ1) is 15.8. The fourth-order valence-electron chi connectivity index (χ4n) is 2.82. The monoisotopic (exact) mass is 341 g/mol. The fourth-order valence-corrected chi connectivity index (χ4v) is 2.82.